The molecule has 0 aliphatic carbocycles. The number of nitrogens with zero attached hydrogens (tertiary/aromatic N) is 4. The summed E-state index contributed by atoms with van der Waals surface area (Å²) >= 11 is 6.13. The van der Waals surface area contributed by atoms with Crippen LogP contribution in [0.15, 0.2) is 30.9 Å². The van der Waals surface area contributed by atoms with E-state index in [9.17, 15) is 22.8 Å². The number of amides is 2. The third-order valence-electron chi connectivity index (χ3n) is 4.70. The van der Waals surface area contributed by atoms with Crippen molar-refractivity contribution in [3.05, 3.63) is 53.1 Å². The molecule has 1 aliphatic rings. The molecule has 12 heteroatoms. The summed E-state index contributed by atoms with van der Waals surface area (Å²) in [6, 6.07) is 4.21. The van der Waals surface area contributed by atoms with Crippen molar-refractivity contribution in [1.29, 1.82) is 0 Å². The molecule has 0 aromatic carbocycles. The van der Waals surface area contributed by atoms with Crippen LogP contribution in [-0.2, 0) is 9.53 Å². The molecule has 2 amide bonds. The Morgan fingerprint density at radius 2 is 1.91 bits per heavy atom. The lowest BCUT2D eigenvalue weighted by Crippen LogP contribution is -2.51. The lowest BCUT2D eigenvalue weighted by Gasteiger charge is -2.38. The van der Waals surface area contributed by atoms with Gasteiger partial charge < -0.3 is 15.0 Å². The first kappa shape index (κ1) is 23.6. The monoisotopic (exact) mass is 469 g/mol. The van der Waals surface area contributed by atoms with Crippen molar-refractivity contribution in [2.24, 2.45) is 0 Å². The summed E-state index contributed by atoms with van der Waals surface area (Å²) in [5.74, 6) is -0.797. The molecule has 0 radical (unpaired) electrons. The number of aromatic nitrogens is 3. The molecule has 1 saturated heterocycles. The van der Waals surface area contributed by atoms with E-state index in [4.69, 9.17) is 16.3 Å². The van der Waals surface area contributed by atoms with E-state index in [-0.39, 0.29) is 34.3 Å². The van der Waals surface area contributed by atoms with Gasteiger partial charge in [-0.25, -0.2) is 15.0 Å². The highest BCUT2D eigenvalue weighted by Crippen LogP contribution is 2.35. The summed E-state index contributed by atoms with van der Waals surface area (Å²) in [6.07, 6.45) is -7.03. The number of hydrogen-bond acceptors (Lipinski definition) is 6. The van der Waals surface area contributed by atoms with Crippen molar-refractivity contribution in [2.75, 3.05) is 20.1 Å². The van der Waals surface area contributed by atoms with Crippen LogP contribution >= 0.6 is 11.6 Å². The predicted octanol–water partition coefficient (Wildman–Crippen LogP) is 2.88. The van der Waals surface area contributed by atoms with Gasteiger partial charge in [-0.3, -0.25) is 9.59 Å². The largest absolute Gasteiger partial charge is 0.416 e. The average Bonchev–Trinajstić information content (AvgIpc) is 2.76. The number of carbonyl (C=O) groups excluding carboxylic acids is 2. The van der Waals surface area contributed by atoms with E-state index in [0.29, 0.717) is 5.82 Å². The van der Waals surface area contributed by atoms with Gasteiger partial charge in [0, 0.05) is 7.05 Å². The Balaban J connectivity index is 2.02. The second kappa shape index (κ2) is 9.21. The van der Waals surface area contributed by atoms with Gasteiger partial charge in [-0.05, 0) is 36.8 Å². The average molecular weight is 470 g/mol. The van der Waals surface area contributed by atoms with E-state index in [1.54, 1.807) is 6.92 Å². The number of pyridine rings is 1. The molecular weight excluding hydrogens is 451 g/mol. The number of aryl methyl sites for hydroxylation is 1. The summed E-state index contributed by atoms with van der Waals surface area (Å²) in [4.78, 5) is 37.5. The third-order valence-corrected chi connectivity index (χ3v) is 4.89. The lowest BCUT2D eigenvalue weighted by atomic mass is 10.0. The van der Waals surface area contributed by atoms with Gasteiger partial charge in [0.2, 0.25) is 5.91 Å². The van der Waals surface area contributed by atoms with E-state index in [1.165, 1.54) is 25.2 Å². The van der Waals surface area contributed by atoms with Crippen LogP contribution in [0.4, 0.5) is 13.2 Å². The molecule has 2 aromatic heterocycles. The number of ether oxygens (including phenoxy) is 1. The number of morpholine rings is 1. The Bertz CT molecular complexity index is 1060. The minimum atomic E-state index is -4.68. The molecule has 1 aliphatic heterocycles. The zero-order chi connectivity index (χ0) is 23.6. The molecule has 3 rings (SSSR count). The zero-order valence-corrected chi connectivity index (χ0v) is 17.9. The van der Waals surface area contributed by atoms with Crippen LogP contribution in [-0.4, -0.2) is 64.1 Å². The molecule has 8 nitrogen and oxygen atoms in total. The number of rotatable bonds is 4. The lowest BCUT2D eigenvalue weighted by molar-refractivity contribution is -0.253. The Hall–Kier alpha value is -3.05. The molecule has 32 heavy (non-hydrogen) atoms. The molecular formula is C20H19ClF3N5O3. The zero-order valence-electron chi connectivity index (χ0n) is 17.1. The molecule has 2 aromatic rings. The van der Waals surface area contributed by atoms with Crippen LogP contribution < -0.4 is 5.32 Å². The van der Waals surface area contributed by atoms with Crippen LogP contribution in [0, 0.1) is 6.92 Å². The quantitative estimate of drug-likeness (QED) is 0.546. The van der Waals surface area contributed by atoms with Gasteiger partial charge in [0.1, 0.15) is 22.8 Å². The van der Waals surface area contributed by atoms with Gasteiger partial charge in [-0.1, -0.05) is 18.2 Å². The van der Waals surface area contributed by atoms with Gasteiger partial charge in [-0.2, -0.15) is 13.2 Å². The van der Waals surface area contributed by atoms with Gasteiger partial charge in [-0.15, -0.1) is 0 Å². The molecule has 170 valence electrons. The van der Waals surface area contributed by atoms with Crippen molar-refractivity contribution in [1.82, 2.24) is 25.2 Å². The summed E-state index contributed by atoms with van der Waals surface area (Å²) in [7, 11) is 1.45. The normalized spacial score (nSPS) is 18.9. The first-order valence-corrected chi connectivity index (χ1v) is 9.78. The Labute approximate surface area is 186 Å². The number of hydrogen-bond donors (Lipinski definition) is 1. The first-order valence-electron chi connectivity index (χ1n) is 9.41. The van der Waals surface area contributed by atoms with Gasteiger partial charge in [0.25, 0.3) is 5.91 Å². The topological polar surface area (TPSA) is 97.3 Å². The van der Waals surface area contributed by atoms with Gasteiger partial charge in [0.15, 0.2) is 6.10 Å². The minimum absolute atomic E-state index is 0.0189. The van der Waals surface area contributed by atoms with E-state index >= 15 is 0 Å². The summed E-state index contributed by atoms with van der Waals surface area (Å²) < 4.78 is 45.5. The third kappa shape index (κ3) is 5.22. The van der Waals surface area contributed by atoms with Crippen LogP contribution in [0.3, 0.4) is 0 Å². The number of nitrogens with one attached hydrogen (secondary N) is 1. The molecule has 0 saturated carbocycles. The first-order chi connectivity index (χ1) is 15.0. The number of carbonyl (C=O) groups is 2. The molecule has 0 spiro atoms. The number of halogens is 4. The van der Waals surface area contributed by atoms with E-state index < -0.39 is 36.7 Å². The Morgan fingerprint density at radius 3 is 2.53 bits per heavy atom. The van der Waals surface area contributed by atoms with Crippen molar-refractivity contribution in [3.8, 4) is 11.4 Å². The summed E-state index contributed by atoms with van der Waals surface area (Å²) in [6.45, 7) is 4.14. The van der Waals surface area contributed by atoms with Crippen molar-refractivity contribution < 1.29 is 27.5 Å². The Kier molecular flexibility index (Phi) is 6.79. The minimum Gasteiger partial charge on any atom is -0.357 e. The van der Waals surface area contributed by atoms with Crippen LogP contribution in [0.25, 0.3) is 11.4 Å². The molecule has 0 bridgehead atoms. The highest BCUT2D eigenvalue weighted by Gasteiger charge is 2.47. The second-order valence-electron chi connectivity index (χ2n) is 6.98. The standard InChI is InChI=1S/C20H19ClF3N5O3/c1-4-18(30)29-8-15(32-16(9-29)20(22,23)24)11-5-12(28-17(21)6-11)13-7-14(19(31)25-3)27-10(2)26-13/h4-7,15-16H,1,8-9H2,2-3H3,(H,25,31). The van der Waals surface area contributed by atoms with E-state index in [0.717, 1.165) is 11.0 Å². The highest BCUT2D eigenvalue weighted by atomic mass is 35.5. The molecule has 1 N–H and O–H groups in total. The van der Waals surface area contributed by atoms with Crippen LogP contribution in [0.1, 0.15) is 28.0 Å². The van der Waals surface area contributed by atoms with Crippen molar-refractivity contribution >= 4 is 23.4 Å². The fourth-order valence-corrected chi connectivity index (χ4v) is 3.43. The van der Waals surface area contributed by atoms with Crippen molar-refractivity contribution in [3.63, 3.8) is 0 Å². The maximum absolute atomic E-state index is 13.4. The summed E-state index contributed by atoms with van der Waals surface area (Å²) in [5.41, 5.74) is 0.824. The molecule has 1 fully saturated rings. The van der Waals surface area contributed by atoms with Crippen LogP contribution in [0.2, 0.25) is 5.15 Å². The molecule has 2 atom stereocenters. The van der Waals surface area contributed by atoms with Crippen LogP contribution in [0.5, 0.6) is 0 Å². The maximum atomic E-state index is 13.4. The smallest absolute Gasteiger partial charge is 0.357 e. The molecule has 3 heterocycles. The fourth-order valence-electron chi connectivity index (χ4n) is 3.21. The molecule has 2 unspecified atom stereocenters. The number of alkyl halides is 3. The Morgan fingerprint density at radius 1 is 1.22 bits per heavy atom. The van der Waals surface area contributed by atoms with Gasteiger partial charge >= 0.3 is 6.18 Å². The predicted molar refractivity (Wildman–Crippen MR) is 109 cm³/mol. The van der Waals surface area contributed by atoms with E-state index in [2.05, 4.69) is 26.8 Å². The summed E-state index contributed by atoms with van der Waals surface area (Å²) in [5, 5.41) is 2.43. The highest BCUT2D eigenvalue weighted by molar-refractivity contribution is 6.29. The van der Waals surface area contributed by atoms with E-state index in [1.807, 2.05) is 0 Å². The fraction of sp³-hybridized carbons (Fsp3) is 0.350. The second-order valence-corrected chi connectivity index (χ2v) is 7.36. The maximum Gasteiger partial charge on any atom is 0.416 e. The SMILES string of the molecule is C=CC(=O)N1CC(c2cc(Cl)nc(-c3cc(C(=O)NC)nc(C)n3)c2)OC(C(F)(F)F)C1. The van der Waals surface area contributed by atoms with Gasteiger partial charge in [0.05, 0.1) is 24.5 Å². The van der Waals surface area contributed by atoms with Crippen molar-refractivity contribution in [2.45, 2.75) is 25.3 Å².